The van der Waals surface area contributed by atoms with Gasteiger partial charge in [0.1, 0.15) is 5.69 Å². The molecule has 2 N–H and O–H groups in total. The second kappa shape index (κ2) is 9.48. The summed E-state index contributed by atoms with van der Waals surface area (Å²) in [6.07, 6.45) is -1.42. The number of halogens is 3. The van der Waals surface area contributed by atoms with Gasteiger partial charge in [-0.1, -0.05) is 30.3 Å². The van der Waals surface area contributed by atoms with Crippen molar-refractivity contribution in [1.82, 2.24) is 25.3 Å². The number of rotatable bonds is 4. The first-order chi connectivity index (χ1) is 17.3. The Morgan fingerprint density at radius 1 is 1.00 bits per heavy atom. The van der Waals surface area contributed by atoms with Gasteiger partial charge in [0.25, 0.3) is 0 Å². The fourth-order valence-corrected chi connectivity index (χ4v) is 4.48. The van der Waals surface area contributed by atoms with E-state index in [0.29, 0.717) is 25.9 Å². The van der Waals surface area contributed by atoms with E-state index in [4.69, 9.17) is 0 Å². The molecule has 5 rings (SSSR count). The molecule has 0 bridgehead atoms. The maximum absolute atomic E-state index is 12.9. The zero-order chi connectivity index (χ0) is 25.3. The first kappa shape index (κ1) is 23.6. The predicted molar refractivity (Wildman–Crippen MR) is 131 cm³/mol. The lowest BCUT2D eigenvalue weighted by atomic mass is 10.0. The van der Waals surface area contributed by atoms with E-state index in [-0.39, 0.29) is 11.7 Å². The molecule has 1 saturated heterocycles. The van der Waals surface area contributed by atoms with Crippen LogP contribution >= 0.6 is 0 Å². The number of aromatic nitrogens is 4. The van der Waals surface area contributed by atoms with Crippen LogP contribution in [0.3, 0.4) is 0 Å². The first-order valence-electron chi connectivity index (χ1n) is 11.5. The zero-order valence-electron chi connectivity index (χ0n) is 19.5. The van der Waals surface area contributed by atoms with Crippen molar-refractivity contribution in [3.63, 3.8) is 0 Å². The number of carbonyl (C=O) groups is 1. The smallest absolute Gasteiger partial charge is 0.354 e. The van der Waals surface area contributed by atoms with Gasteiger partial charge >= 0.3 is 12.2 Å². The molecule has 0 saturated carbocycles. The number of benzene rings is 2. The van der Waals surface area contributed by atoms with E-state index in [1.165, 1.54) is 12.1 Å². The van der Waals surface area contributed by atoms with Crippen LogP contribution in [0.1, 0.15) is 18.4 Å². The Morgan fingerprint density at radius 2 is 1.75 bits per heavy atom. The molecule has 0 aliphatic carbocycles. The molecule has 4 aromatic rings. The van der Waals surface area contributed by atoms with Crippen molar-refractivity contribution >= 4 is 28.3 Å². The lowest BCUT2D eigenvalue weighted by Crippen LogP contribution is -2.46. The monoisotopic (exact) mass is 495 g/mol. The van der Waals surface area contributed by atoms with E-state index in [2.05, 4.69) is 30.8 Å². The summed E-state index contributed by atoms with van der Waals surface area (Å²) in [5.74, 6) is 0.781. The van der Waals surface area contributed by atoms with E-state index >= 15 is 0 Å². The topological polar surface area (TPSA) is 88.0 Å². The summed E-state index contributed by atoms with van der Waals surface area (Å²) in [4.78, 5) is 14.5. The maximum Gasteiger partial charge on any atom is 0.416 e. The molecule has 8 nitrogen and oxygen atoms in total. The summed E-state index contributed by atoms with van der Waals surface area (Å²) in [5, 5.41) is 20.6. The van der Waals surface area contributed by atoms with Crippen molar-refractivity contribution in [3.05, 3.63) is 66.4 Å². The quantitative estimate of drug-likeness (QED) is 0.423. The van der Waals surface area contributed by atoms with Gasteiger partial charge in [-0.25, -0.2) is 4.79 Å². The molecule has 0 radical (unpaired) electrons. The second-order valence-corrected chi connectivity index (χ2v) is 8.70. The van der Waals surface area contributed by atoms with Crippen LogP contribution in [0.25, 0.3) is 22.2 Å². The number of hydrogen-bond acceptors (Lipinski definition) is 5. The normalized spacial score (nSPS) is 14.7. The van der Waals surface area contributed by atoms with Gasteiger partial charge < -0.3 is 15.5 Å². The van der Waals surface area contributed by atoms with Crippen LogP contribution in [0.2, 0.25) is 0 Å². The molecule has 11 heteroatoms. The van der Waals surface area contributed by atoms with Gasteiger partial charge in [0.05, 0.1) is 11.3 Å². The standard InChI is InChI=1S/C25H24F3N7O/c1-34-21(9-12-29-34)22-19-7-2-3-8-20(19)23(33-32-22)35-13-10-17(11-14-35)30-24(36)31-18-6-4-5-16(15-18)25(26,27)28/h2-9,12,15,17H,10-11,13-14H2,1H3,(H2,30,31,36). The van der Waals surface area contributed by atoms with Crippen LogP contribution in [0.4, 0.5) is 29.5 Å². The Balaban J connectivity index is 1.25. The highest BCUT2D eigenvalue weighted by Gasteiger charge is 2.30. The van der Waals surface area contributed by atoms with Crippen LogP contribution in [-0.2, 0) is 13.2 Å². The number of alkyl halides is 3. The van der Waals surface area contributed by atoms with Gasteiger partial charge in [-0.2, -0.15) is 18.3 Å². The van der Waals surface area contributed by atoms with Gasteiger partial charge in [-0.15, -0.1) is 10.2 Å². The van der Waals surface area contributed by atoms with Crippen molar-refractivity contribution in [2.75, 3.05) is 23.3 Å². The van der Waals surface area contributed by atoms with E-state index < -0.39 is 17.8 Å². The summed E-state index contributed by atoms with van der Waals surface area (Å²) in [5.41, 5.74) is 0.920. The summed E-state index contributed by atoms with van der Waals surface area (Å²) in [6, 6.07) is 13.8. The number of amides is 2. The van der Waals surface area contributed by atoms with Crippen LogP contribution < -0.4 is 15.5 Å². The number of aryl methyl sites for hydroxylation is 1. The Morgan fingerprint density at radius 3 is 2.44 bits per heavy atom. The molecular weight excluding hydrogens is 471 g/mol. The minimum Gasteiger partial charge on any atom is -0.354 e. The van der Waals surface area contributed by atoms with Gasteiger partial charge in [0, 0.05) is 48.8 Å². The van der Waals surface area contributed by atoms with Crippen molar-refractivity contribution in [1.29, 1.82) is 0 Å². The van der Waals surface area contributed by atoms with E-state index in [9.17, 15) is 18.0 Å². The third kappa shape index (κ3) is 4.81. The maximum atomic E-state index is 12.9. The molecule has 2 aromatic carbocycles. The number of nitrogens with one attached hydrogen (secondary N) is 2. The molecule has 2 amide bonds. The van der Waals surface area contributed by atoms with E-state index in [0.717, 1.165) is 40.1 Å². The molecule has 0 unspecified atom stereocenters. The summed E-state index contributed by atoms with van der Waals surface area (Å²) >= 11 is 0. The summed E-state index contributed by atoms with van der Waals surface area (Å²) < 4.78 is 40.5. The zero-order valence-corrected chi connectivity index (χ0v) is 19.5. The lowest BCUT2D eigenvalue weighted by molar-refractivity contribution is -0.137. The van der Waals surface area contributed by atoms with Gasteiger partial charge in [0.15, 0.2) is 5.82 Å². The fraction of sp³-hybridized carbons (Fsp3) is 0.280. The van der Waals surface area contributed by atoms with Crippen molar-refractivity contribution in [3.8, 4) is 11.4 Å². The minimum atomic E-state index is -4.47. The molecule has 36 heavy (non-hydrogen) atoms. The second-order valence-electron chi connectivity index (χ2n) is 8.70. The molecule has 1 aliphatic rings. The number of anilines is 2. The Labute approximate surface area is 205 Å². The SMILES string of the molecule is Cn1nccc1-c1nnc(N2CCC(NC(=O)Nc3cccc(C(F)(F)F)c3)CC2)c2ccccc12. The van der Waals surface area contributed by atoms with Crippen molar-refractivity contribution < 1.29 is 18.0 Å². The van der Waals surface area contributed by atoms with Crippen LogP contribution in [-0.4, -0.2) is 45.1 Å². The number of fused-ring (bicyclic) bond motifs is 1. The number of nitrogens with zero attached hydrogens (tertiary/aromatic N) is 5. The Kier molecular flexibility index (Phi) is 6.21. The summed E-state index contributed by atoms with van der Waals surface area (Å²) in [6.45, 7) is 1.30. The largest absolute Gasteiger partial charge is 0.416 e. The van der Waals surface area contributed by atoms with Crippen molar-refractivity contribution in [2.45, 2.75) is 25.1 Å². The molecule has 1 aliphatic heterocycles. The van der Waals surface area contributed by atoms with E-state index in [1.54, 1.807) is 10.9 Å². The third-order valence-corrected chi connectivity index (χ3v) is 6.31. The minimum absolute atomic E-state index is 0.0926. The molecule has 2 aromatic heterocycles. The molecule has 3 heterocycles. The van der Waals surface area contributed by atoms with Gasteiger partial charge in [0.2, 0.25) is 0 Å². The average molecular weight is 496 g/mol. The Bertz CT molecular complexity index is 1390. The van der Waals surface area contributed by atoms with Crippen LogP contribution in [0, 0.1) is 0 Å². The highest BCUT2D eigenvalue weighted by Crippen LogP contribution is 2.33. The van der Waals surface area contributed by atoms with Crippen LogP contribution in [0.15, 0.2) is 60.8 Å². The lowest BCUT2D eigenvalue weighted by Gasteiger charge is -2.33. The van der Waals surface area contributed by atoms with Crippen LogP contribution in [0.5, 0.6) is 0 Å². The van der Waals surface area contributed by atoms with Gasteiger partial charge in [-0.05, 0) is 37.1 Å². The fourth-order valence-electron chi connectivity index (χ4n) is 4.48. The van der Waals surface area contributed by atoms with Crippen molar-refractivity contribution in [2.24, 2.45) is 7.05 Å². The predicted octanol–water partition coefficient (Wildman–Crippen LogP) is 4.84. The number of piperidine rings is 1. The number of hydrogen-bond donors (Lipinski definition) is 2. The average Bonchev–Trinajstić information content (AvgIpc) is 3.29. The van der Waals surface area contributed by atoms with E-state index in [1.807, 2.05) is 37.4 Å². The molecule has 1 fully saturated rings. The third-order valence-electron chi connectivity index (χ3n) is 6.31. The molecule has 186 valence electrons. The van der Waals surface area contributed by atoms with Gasteiger partial charge in [-0.3, -0.25) is 4.68 Å². The number of carbonyl (C=O) groups excluding carboxylic acids is 1. The Hall–Kier alpha value is -4.15. The molecular formula is C25H24F3N7O. The first-order valence-corrected chi connectivity index (χ1v) is 11.5. The highest BCUT2D eigenvalue weighted by atomic mass is 19.4. The summed E-state index contributed by atoms with van der Waals surface area (Å²) in [7, 11) is 1.86. The molecule has 0 atom stereocenters. The number of urea groups is 1. The molecule has 0 spiro atoms. The highest BCUT2D eigenvalue weighted by molar-refractivity contribution is 5.99.